The maximum Gasteiger partial charge on any atom is 0.160 e. The summed E-state index contributed by atoms with van der Waals surface area (Å²) in [4.78, 5) is 10.0. The quantitative estimate of drug-likeness (QED) is 0.203. The Balaban J connectivity index is 1.20. The predicted octanol–water partition coefficient (Wildman–Crippen LogP) is 10.9. The Morgan fingerprint density at radius 1 is 0.533 bits per heavy atom. The molecule has 4 heteroatoms. The van der Waals surface area contributed by atoms with Crippen molar-refractivity contribution in [3.8, 4) is 50.7 Å². The second-order valence-electron chi connectivity index (χ2n) is 12.3. The smallest absolute Gasteiger partial charge is 0.160 e. The van der Waals surface area contributed by atoms with Crippen LogP contribution >= 0.6 is 11.3 Å². The van der Waals surface area contributed by atoms with Gasteiger partial charge in [0.05, 0.1) is 28.1 Å². The Labute approximate surface area is 266 Å². The number of nitrogens with zero attached hydrogens (tertiary/aromatic N) is 3. The molecule has 8 aromatic rings. The molecule has 0 unspecified atom stereocenters. The van der Waals surface area contributed by atoms with Crippen molar-refractivity contribution >= 4 is 33.1 Å². The van der Waals surface area contributed by atoms with E-state index < -0.39 is 0 Å². The van der Waals surface area contributed by atoms with Gasteiger partial charge in [-0.2, -0.15) is 0 Å². The lowest BCUT2D eigenvalue weighted by molar-refractivity contribution is 0.633. The van der Waals surface area contributed by atoms with Gasteiger partial charge in [-0.3, -0.25) is 0 Å². The Morgan fingerprint density at radius 3 is 2.00 bits per heavy atom. The highest BCUT2D eigenvalue weighted by molar-refractivity contribution is 7.08. The molecule has 0 saturated carbocycles. The van der Waals surface area contributed by atoms with Gasteiger partial charge >= 0.3 is 0 Å². The van der Waals surface area contributed by atoms with Crippen molar-refractivity contribution in [3.63, 3.8) is 0 Å². The number of benzene rings is 5. The number of para-hydroxylation sites is 1. The summed E-state index contributed by atoms with van der Waals surface area (Å²) in [5.41, 5.74) is 14.0. The van der Waals surface area contributed by atoms with Crippen LogP contribution in [0.1, 0.15) is 25.0 Å². The van der Waals surface area contributed by atoms with Crippen molar-refractivity contribution in [2.45, 2.75) is 19.3 Å². The van der Waals surface area contributed by atoms with Crippen LogP contribution in [0, 0.1) is 0 Å². The Morgan fingerprint density at radius 2 is 1.20 bits per heavy atom. The molecule has 0 atom stereocenters. The number of thiophene rings is 1. The lowest BCUT2D eigenvalue weighted by Crippen LogP contribution is -2.24. The molecule has 1 aliphatic heterocycles. The summed E-state index contributed by atoms with van der Waals surface area (Å²) < 4.78 is 2.48. The first-order valence-electron chi connectivity index (χ1n) is 15.3. The first-order valence-corrected chi connectivity index (χ1v) is 16.3. The van der Waals surface area contributed by atoms with Crippen LogP contribution in [0.4, 0.5) is 0 Å². The molecule has 0 saturated heterocycles. The van der Waals surface area contributed by atoms with Gasteiger partial charge in [-0.15, -0.1) is 11.3 Å². The maximum absolute atomic E-state index is 5.07. The molecule has 3 aromatic heterocycles. The summed E-state index contributed by atoms with van der Waals surface area (Å²) in [5, 5.41) is 7.21. The molecular weight excluding hydrogens is 567 g/mol. The summed E-state index contributed by atoms with van der Waals surface area (Å²) in [5.74, 6) is 0.726. The predicted molar refractivity (Wildman–Crippen MR) is 188 cm³/mol. The largest absolute Gasteiger partial charge is 0.308 e. The van der Waals surface area contributed by atoms with Crippen LogP contribution in [-0.4, -0.2) is 14.5 Å². The van der Waals surface area contributed by atoms with E-state index in [1.165, 1.54) is 49.7 Å². The van der Waals surface area contributed by atoms with Crippen molar-refractivity contribution in [3.05, 3.63) is 149 Å². The number of aromatic nitrogens is 3. The topological polar surface area (TPSA) is 30.7 Å². The fourth-order valence-electron chi connectivity index (χ4n) is 7.01. The van der Waals surface area contributed by atoms with Crippen molar-refractivity contribution in [2.75, 3.05) is 0 Å². The number of hydrogen-bond donors (Lipinski definition) is 0. The van der Waals surface area contributed by atoms with Gasteiger partial charge in [-0.1, -0.05) is 117 Å². The third kappa shape index (κ3) is 4.03. The molecule has 0 N–H and O–H groups in total. The molecule has 9 rings (SSSR count). The molecule has 0 fully saturated rings. The molecule has 214 valence electrons. The fraction of sp³-hybridized carbons (Fsp3) is 0.0732. The lowest BCUT2D eigenvalue weighted by atomic mass is 9.76. The fourth-order valence-corrected chi connectivity index (χ4v) is 7.99. The SMILES string of the molecule is CC1(C)c2cscc2-n2c3ccc(-c4cccc(-c5cc(-c6ccccc6)nc(-c6ccccc6)n5)c4)cc3c3cccc1c32. The van der Waals surface area contributed by atoms with E-state index in [4.69, 9.17) is 9.97 Å². The van der Waals surface area contributed by atoms with Gasteiger partial charge in [-0.25, -0.2) is 9.97 Å². The van der Waals surface area contributed by atoms with Gasteiger partial charge in [0.15, 0.2) is 5.82 Å². The number of fused-ring (bicyclic) bond motifs is 5. The van der Waals surface area contributed by atoms with Crippen LogP contribution in [0.2, 0.25) is 0 Å². The molecule has 1 aliphatic rings. The minimum absolute atomic E-state index is 0.0366. The zero-order chi connectivity index (χ0) is 30.1. The van der Waals surface area contributed by atoms with Crippen LogP contribution < -0.4 is 0 Å². The molecule has 0 amide bonds. The van der Waals surface area contributed by atoms with E-state index >= 15 is 0 Å². The Kier molecular flexibility index (Phi) is 5.71. The molecule has 0 bridgehead atoms. The zero-order valence-electron chi connectivity index (χ0n) is 25.0. The average Bonchev–Trinajstić information content (AvgIpc) is 3.72. The van der Waals surface area contributed by atoms with Crippen LogP contribution in [-0.2, 0) is 5.41 Å². The molecule has 0 spiro atoms. The van der Waals surface area contributed by atoms with Crippen molar-refractivity contribution in [1.29, 1.82) is 0 Å². The minimum atomic E-state index is -0.0366. The molecule has 3 nitrogen and oxygen atoms in total. The molecule has 0 radical (unpaired) electrons. The minimum Gasteiger partial charge on any atom is -0.308 e. The normalized spacial score (nSPS) is 13.3. The monoisotopic (exact) mass is 595 g/mol. The molecule has 0 aliphatic carbocycles. The van der Waals surface area contributed by atoms with Crippen LogP contribution in [0.5, 0.6) is 0 Å². The summed E-state index contributed by atoms with van der Waals surface area (Å²) in [6.07, 6.45) is 0. The summed E-state index contributed by atoms with van der Waals surface area (Å²) in [7, 11) is 0. The van der Waals surface area contributed by atoms with Gasteiger partial charge in [0.2, 0.25) is 0 Å². The summed E-state index contributed by atoms with van der Waals surface area (Å²) >= 11 is 1.79. The number of hydrogen-bond acceptors (Lipinski definition) is 3. The van der Waals surface area contributed by atoms with Gasteiger partial charge in [-0.05, 0) is 51.9 Å². The van der Waals surface area contributed by atoms with E-state index in [2.05, 4.69) is 132 Å². The first-order chi connectivity index (χ1) is 22.1. The van der Waals surface area contributed by atoms with E-state index in [-0.39, 0.29) is 5.41 Å². The van der Waals surface area contributed by atoms with E-state index in [1.807, 2.05) is 24.3 Å². The third-order valence-electron chi connectivity index (χ3n) is 9.34. The van der Waals surface area contributed by atoms with E-state index in [0.29, 0.717) is 0 Å². The average molecular weight is 596 g/mol. The molecule has 5 aromatic carbocycles. The highest BCUT2D eigenvalue weighted by Gasteiger charge is 2.35. The second-order valence-corrected chi connectivity index (χ2v) is 13.1. The van der Waals surface area contributed by atoms with Crippen LogP contribution in [0.25, 0.3) is 72.5 Å². The molecule has 4 heterocycles. The van der Waals surface area contributed by atoms with Crippen LogP contribution in [0.15, 0.2) is 138 Å². The van der Waals surface area contributed by atoms with Crippen molar-refractivity contribution < 1.29 is 0 Å². The third-order valence-corrected chi connectivity index (χ3v) is 10.1. The lowest BCUT2D eigenvalue weighted by Gasteiger charge is -2.32. The van der Waals surface area contributed by atoms with Gasteiger partial charge < -0.3 is 4.57 Å². The first kappa shape index (κ1) is 26.1. The van der Waals surface area contributed by atoms with Crippen molar-refractivity contribution in [1.82, 2.24) is 14.5 Å². The van der Waals surface area contributed by atoms with E-state index in [9.17, 15) is 0 Å². The number of rotatable bonds is 4. The summed E-state index contributed by atoms with van der Waals surface area (Å²) in [6.45, 7) is 4.70. The van der Waals surface area contributed by atoms with Crippen molar-refractivity contribution in [2.24, 2.45) is 0 Å². The highest BCUT2D eigenvalue weighted by atomic mass is 32.1. The standard InChI is InChI=1S/C41H29N3S/c1-41(2)33-18-10-17-31-32-22-29(19-20-37(32)44(39(31)33)38-25-45-24-34(38)41)28-15-9-16-30(21-28)36-23-35(26-11-5-3-6-12-26)42-40(43-36)27-13-7-4-8-14-27/h3-25H,1-2H3. The Hall–Kier alpha value is -5.32. The van der Waals surface area contributed by atoms with Gasteiger partial charge in [0.25, 0.3) is 0 Å². The van der Waals surface area contributed by atoms with Crippen LogP contribution in [0.3, 0.4) is 0 Å². The second kappa shape index (κ2) is 9.85. The molecule has 45 heavy (non-hydrogen) atoms. The van der Waals surface area contributed by atoms with E-state index in [0.717, 1.165) is 33.9 Å². The van der Waals surface area contributed by atoms with Gasteiger partial charge in [0, 0.05) is 38.3 Å². The van der Waals surface area contributed by atoms with E-state index in [1.54, 1.807) is 11.3 Å². The molecular formula is C41H29N3S. The Bertz CT molecular complexity index is 2340. The summed E-state index contributed by atoms with van der Waals surface area (Å²) in [6, 6.07) is 45.2. The maximum atomic E-state index is 5.07. The highest BCUT2D eigenvalue weighted by Crippen LogP contribution is 2.49. The zero-order valence-corrected chi connectivity index (χ0v) is 25.8. The van der Waals surface area contributed by atoms with Gasteiger partial charge in [0.1, 0.15) is 0 Å².